The molecular formula is C18H19ClN2O3S. The Bertz CT molecular complexity index is 860. The Morgan fingerprint density at radius 1 is 1.08 bits per heavy atom. The minimum atomic E-state index is -3.50. The van der Waals surface area contributed by atoms with Gasteiger partial charge in [0.25, 0.3) is 5.91 Å². The number of carbonyl (C=O) groups excluding carboxylic acids is 1. The zero-order chi connectivity index (χ0) is 18.0. The molecule has 1 fully saturated rings. The molecule has 0 aromatic heterocycles. The number of rotatable bonds is 6. The van der Waals surface area contributed by atoms with Crippen molar-refractivity contribution in [2.75, 3.05) is 0 Å². The Balaban J connectivity index is 1.67. The van der Waals surface area contributed by atoms with Gasteiger partial charge in [-0.3, -0.25) is 4.79 Å². The summed E-state index contributed by atoms with van der Waals surface area (Å²) in [6.07, 6.45) is 1.75. The lowest BCUT2D eigenvalue weighted by Gasteiger charge is -2.14. The molecule has 132 valence electrons. The van der Waals surface area contributed by atoms with Crippen LogP contribution in [-0.2, 0) is 10.0 Å². The van der Waals surface area contributed by atoms with Crippen LogP contribution >= 0.6 is 11.6 Å². The monoisotopic (exact) mass is 378 g/mol. The molecule has 2 aromatic rings. The van der Waals surface area contributed by atoms with E-state index in [-0.39, 0.29) is 22.9 Å². The highest BCUT2D eigenvalue weighted by atomic mass is 35.5. The highest BCUT2D eigenvalue weighted by Crippen LogP contribution is 2.22. The Hall–Kier alpha value is -1.89. The van der Waals surface area contributed by atoms with E-state index in [4.69, 9.17) is 11.6 Å². The van der Waals surface area contributed by atoms with Crippen molar-refractivity contribution in [1.29, 1.82) is 0 Å². The van der Waals surface area contributed by atoms with E-state index < -0.39 is 10.0 Å². The highest BCUT2D eigenvalue weighted by Gasteiger charge is 2.28. The topological polar surface area (TPSA) is 75.3 Å². The molecular weight excluding hydrogens is 360 g/mol. The standard InChI is InChI=1S/C18H19ClN2O3S/c1-12(13-2-6-15(19)7-3-13)20-18(22)14-4-10-17(11-5-14)25(23,24)21-16-8-9-16/h2-7,10-12,16,21H,8-9H2,1H3,(H,20,22). The van der Waals surface area contributed by atoms with E-state index >= 15 is 0 Å². The zero-order valence-corrected chi connectivity index (χ0v) is 15.3. The van der Waals surface area contributed by atoms with Gasteiger partial charge in [0.05, 0.1) is 10.9 Å². The molecule has 0 saturated heterocycles. The van der Waals surface area contributed by atoms with Gasteiger partial charge in [0.15, 0.2) is 0 Å². The summed E-state index contributed by atoms with van der Waals surface area (Å²) in [6, 6.07) is 13.0. The molecule has 0 heterocycles. The Labute approximate surface area is 152 Å². The molecule has 3 rings (SSSR count). The predicted octanol–water partition coefficient (Wildman–Crippen LogP) is 3.27. The predicted molar refractivity (Wildman–Crippen MR) is 97.1 cm³/mol. The van der Waals surface area contributed by atoms with Crippen LogP contribution in [0.5, 0.6) is 0 Å². The van der Waals surface area contributed by atoms with Gasteiger partial charge >= 0.3 is 0 Å². The first-order chi connectivity index (χ1) is 11.8. The van der Waals surface area contributed by atoms with E-state index in [1.54, 1.807) is 12.1 Å². The number of halogens is 1. The van der Waals surface area contributed by atoms with Crippen molar-refractivity contribution >= 4 is 27.5 Å². The Morgan fingerprint density at radius 2 is 1.68 bits per heavy atom. The van der Waals surface area contributed by atoms with Crippen molar-refractivity contribution in [3.05, 3.63) is 64.7 Å². The number of sulfonamides is 1. The van der Waals surface area contributed by atoms with E-state index in [0.29, 0.717) is 10.6 Å². The molecule has 25 heavy (non-hydrogen) atoms. The van der Waals surface area contributed by atoms with E-state index in [0.717, 1.165) is 18.4 Å². The van der Waals surface area contributed by atoms with Gasteiger partial charge in [-0.1, -0.05) is 23.7 Å². The first-order valence-electron chi connectivity index (χ1n) is 8.04. The summed E-state index contributed by atoms with van der Waals surface area (Å²) in [5.74, 6) is -0.262. The maximum absolute atomic E-state index is 12.3. The average molecular weight is 379 g/mol. The molecule has 7 heteroatoms. The van der Waals surface area contributed by atoms with Crippen LogP contribution in [-0.4, -0.2) is 20.4 Å². The fourth-order valence-electron chi connectivity index (χ4n) is 2.39. The van der Waals surface area contributed by atoms with Crippen LogP contribution in [0.1, 0.15) is 41.7 Å². The third-order valence-corrected chi connectivity index (χ3v) is 5.83. The van der Waals surface area contributed by atoms with Crippen molar-refractivity contribution in [2.45, 2.75) is 36.7 Å². The first-order valence-corrected chi connectivity index (χ1v) is 9.90. The molecule has 5 nitrogen and oxygen atoms in total. The number of amides is 1. The Morgan fingerprint density at radius 3 is 2.24 bits per heavy atom. The number of hydrogen-bond donors (Lipinski definition) is 2. The molecule has 2 N–H and O–H groups in total. The molecule has 1 aliphatic rings. The summed E-state index contributed by atoms with van der Waals surface area (Å²) in [4.78, 5) is 12.5. The third kappa shape index (κ3) is 4.60. The van der Waals surface area contributed by atoms with Crippen LogP contribution in [0.3, 0.4) is 0 Å². The lowest BCUT2D eigenvalue weighted by Crippen LogP contribution is -2.27. The van der Waals surface area contributed by atoms with Crippen LogP contribution in [0.15, 0.2) is 53.4 Å². The summed E-state index contributed by atoms with van der Waals surface area (Å²) in [6.45, 7) is 1.87. The molecule has 1 unspecified atom stereocenters. The SMILES string of the molecule is CC(NC(=O)c1ccc(S(=O)(=O)NC2CC2)cc1)c1ccc(Cl)cc1. The summed E-state index contributed by atoms with van der Waals surface area (Å²) in [5, 5.41) is 3.52. The summed E-state index contributed by atoms with van der Waals surface area (Å²) in [5.41, 5.74) is 1.34. The minimum absolute atomic E-state index is 0.0493. The largest absolute Gasteiger partial charge is 0.346 e. The van der Waals surface area contributed by atoms with Crippen LogP contribution in [0.4, 0.5) is 0 Å². The number of carbonyl (C=O) groups is 1. The quantitative estimate of drug-likeness (QED) is 0.810. The average Bonchev–Trinajstić information content (AvgIpc) is 3.38. The second-order valence-electron chi connectivity index (χ2n) is 6.17. The number of benzene rings is 2. The van der Waals surface area contributed by atoms with Gasteiger partial charge in [0, 0.05) is 16.6 Å². The number of nitrogens with one attached hydrogen (secondary N) is 2. The van der Waals surface area contributed by atoms with Crippen LogP contribution in [0, 0.1) is 0 Å². The normalized spacial score (nSPS) is 15.6. The summed E-state index contributed by atoms with van der Waals surface area (Å²) < 4.78 is 26.9. The third-order valence-electron chi connectivity index (χ3n) is 4.04. The molecule has 1 amide bonds. The fourth-order valence-corrected chi connectivity index (χ4v) is 3.82. The minimum Gasteiger partial charge on any atom is -0.346 e. The smallest absolute Gasteiger partial charge is 0.251 e. The van der Waals surface area contributed by atoms with Gasteiger partial charge in [-0.15, -0.1) is 0 Å². The molecule has 0 bridgehead atoms. The van der Waals surface area contributed by atoms with Gasteiger partial charge in [0.1, 0.15) is 0 Å². The number of hydrogen-bond acceptors (Lipinski definition) is 3. The highest BCUT2D eigenvalue weighted by molar-refractivity contribution is 7.89. The zero-order valence-electron chi connectivity index (χ0n) is 13.7. The molecule has 2 aromatic carbocycles. The van der Waals surface area contributed by atoms with E-state index in [2.05, 4.69) is 10.0 Å². The van der Waals surface area contributed by atoms with E-state index in [1.165, 1.54) is 24.3 Å². The second kappa shape index (κ2) is 7.15. The van der Waals surface area contributed by atoms with Gasteiger partial charge in [-0.2, -0.15) is 0 Å². The van der Waals surface area contributed by atoms with E-state index in [9.17, 15) is 13.2 Å². The van der Waals surface area contributed by atoms with Crippen LogP contribution in [0.25, 0.3) is 0 Å². The van der Waals surface area contributed by atoms with Crippen molar-refractivity contribution in [2.24, 2.45) is 0 Å². The molecule has 0 spiro atoms. The van der Waals surface area contributed by atoms with Crippen molar-refractivity contribution < 1.29 is 13.2 Å². The van der Waals surface area contributed by atoms with Crippen molar-refractivity contribution in [3.63, 3.8) is 0 Å². The lowest BCUT2D eigenvalue weighted by atomic mass is 10.1. The maximum Gasteiger partial charge on any atom is 0.251 e. The van der Waals surface area contributed by atoms with Crippen LogP contribution < -0.4 is 10.0 Å². The molecule has 0 aliphatic heterocycles. The van der Waals surface area contributed by atoms with Gasteiger partial charge in [-0.05, 0) is 61.7 Å². The molecule has 0 radical (unpaired) electrons. The van der Waals surface area contributed by atoms with Crippen molar-refractivity contribution in [1.82, 2.24) is 10.0 Å². The van der Waals surface area contributed by atoms with Gasteiger partial charge in [-0.25, -0.2) is 13.1 Å². The fraction of sp³-hybridized carbons (Fsp3) is 0.278. The molecule has 1 saturated carbocycles. The molecule has 1 aliphatic carbocycles. The lowest BCUT2D eigenvalue weighted by molar-refractivity contribution is 0.0940. The molecule has 1 atom stereocenters. The Kier molecular flexibility index (Phi) is 5.13. The van der Waals surface area contributed by atoms with Gasteiger partial charge < -0.3 is 5.32 Å². The first kappa shape index (κ1) is 17.9. The maximum atomic E-state index is 12.3. The summed E-state index contributed by atoms with van der Waals surface area (Å²) in [7, 11) is -3.50. The van der Waals surface area contributed by atoms with Crippen LogP contribution in [0.2, 0.25) is 5.02 Å². The van der Waals surface area contributed by atoms with Crippen molar-refractivity contribution in [3.8, 4) is 0 Å². The van der Waals surface area contributed by atoms with Gasteiger partial charge in [0.2, 0.25) is 10.0 Å². The summed E-state index contributed by atoms with van der Waals surface area (Å²) >= 11 is 5.86. The second-order valence-corrected chi connectivity index (χ2v) is 8.32. The van der Waals surface area contributed by atoms with E-state index in [1.807, 2.05) is 19.1 Å².